The number of nitrogens with one attached hydrogen (secondary N) is 1. The van der Waals surface area contributed by atoms with Gasteiger partial charge in [-0.05, 0) is 6.07 Å². The van der Waals surface area contributed by atoms with Gasteiger partial charge in [0, 0.05) is 11.8 Å². The first kappa shape index (κ1) is 10.7. The van der Waals surface area contributed by atoms with Gasteiger partial charge in [-0.2, -0.15) is 0 Å². The summed E-state index contributed by atoms with van der Waals surface area (Å²) in [6, 6.07) is 7.39. The predicted molar refractivity (Wildman–Crippen MR) is 61.9 cm³/mol. The minimum absolute atomic E-state index is 0.102. The molecule has 82 valence electrons. The molecule has 4 nitrogen and oxygen atoms in total. The summed E-state index contributed by atoms with van der Waals surface area (Å²) < 4.78 is 0. The number of benzene rings is 1. The van der Waals surface area contributed by atoms with Gasteiger partial charge in [-0.3, -0.25) is 4.79 Å². The minimum atomic E-state index is -0.417. The van der Waals surface area contributed by atoms with E-state index in [-0.39, 0.29) is 6.42 Å². The second-order valence-corrected chi connectivity index (χ2v) is 3.76. The average Bonchev–Trinajstić information content (AvgIpc) is 2.66. The normalized spacial score (nSPS) is 10.3. The molecule has 0 aliphatic rings. The summed E-state index contributed by atoms with van der Waals surface area (Å²) >= 11 is 6.03. The molecule has 0 fully saturated rings. The molecule has 0 spiro atoms. The van der Waals surface area contributed by atoms with Crippen molar-refractivity contribution in [2.45, 2.75) is 6.42 Å². The minimum Gasteiger partial charge on any atom is -0.369 e. The van der Waals surface area contributed by atoms with E-state index in [9.17, 15) is 4.79 Å². The van der Waals surface area contributed by atoms with Gasteiger partial charge in [-0.25, -0.2) is 4.98 Å². The highest BCUT2D eigenvalue weighted by molar-refractivity contribution is 6.33. The van der Waals surface area contributed by atoms with Gasteiger partial charge in [0.05, 0.1) is 17.1 Å². The van der Waals surface area contributed by atoms with E-state index in [0.717, 1.165) is 5.56 Å². The van der Waals surface area contributed by atoms with Gasteiger partial charge in [0.15, 0.2) is 0 Å². The van der Waals surface area contributed by atoms with Crippen LogP contribution >= 0.6 is 11.6 Å². The summed E-state index contributed by atoms with van der Waals surface area (Å²) in [6.45, 7) is 0. The van der Waals surface area contributed by atoms with Crippen LogP contribution in [0, 0.1) is 0 Å². The van der Waals surface area contributed by atoms with Crippen molar-refractivity contribution in [2.24, 2.45) is 5.73 Å². The summed E-state index contributed by atoms with van der Waals surface area (Å²) in [5.41, 5.74) is 6.62. The lowest BCUT2D eigenvalue weighted by molar-refractivity contribution is -0.117. The Hall–Kier alpha value is -1.81. The topological polar surface area (TPSA) is 71.8 Å². The Balaban J connectivity index is 2.32. The number of nitrogens with zero attached hydrogens (tertiary/aromatic N) is 1. The fourth-order valence-electron chi connectivity index (χ4n) is 1.42. The lowest BCUT2D eigenvalue weighted by Crippen LogP contribution is -2.14. The van der Waals surface area contributed by atoms with Crippen LogP contribution in [0.2, 0.25) is 5.02 Å². The molecule has 16 heavy (non-hydrogen) atoms. The third-order valence-electron chi connectivity index (χ3n) is 2.12. The third kappa shape index (κ3) is 2.23. The van der Waals surface area contributed by atoms with Crippen molar-refractivity contribution in [3.63, 3.8) is 0 Å². The van der Waals surface area contributed by atoms with E-state index >= 15 is 0 Å². The molecule has 1 heterocycles. The first-order chi connectivity index (χ1) is 7.66. The molecule has 0 aliphatic heterocycles. The van der Waals surface area contributed by atoms with Gasteiger partial charge < -0.3 is 10.7 Å². The number of amides is 1. The maximum atomic E-state index is 10.7. The molecule has 0 atom stereocenters. The summed E-state index contributed by atoms with van der Waals surface area (Å²) in [7, 11) is 0. The smallest absolute Gasteiger partial charge is 0.225 e. The number of rotatable bonds is 3. The van der Waals surface area contributed by atoms with E-state index in [2.05, 4.69) is 9.97 Å². The average molecular weight is 236 g/mol. The first-order valence-electron chi connectivity index (χ1n) is 4.74. The number of carbonyl (C=O) groups is 1. The number of aromatic nitrogens is 2. The number of aromatic amines is 1. The van der Waals surface area contributed by atoms with Gasteiger partial charge in [-0.15, -0.1) is 0 Å². The number of carbonyl (C=O) groups excluding carboxylic acids is 1. The SMILES string of the molecule is NC(=O)Cc1nc(-c2ccccc2Cl)c[nH]1. The molecule has 0 unspecified atom stereocenters. The van der Waals surface area contributed by atoms with E-state index in [1.54, 1.807) is 12.3 Å². The molecule has 3 N–H and O–H groups in total. The van der Waals surface area contributed by atoms with Crippen molar-refractivity contribution >= 4 is 17.5 Å². The Labute approximate surface area is 97.5 Å². The van der Waals surface area contributed by atoms with E-state index in [1.807, 2.05) is 18.2 Å². The number of primary amides is 1. The lowest BCUT2D eigenvalue weighted by Gasteiger charge is -1.98. The van der Waals surface area contributed by atoms with Crippen molar-refractivity contribution in [1.29, 1.82) is 0 Å². The summed E-state index contributed by atoms with van der Waals surface area (Å²) in [5, 5.41) is 0.625. The Kier molecular flexibility index (Phi) is 2.92. The summed E-state index contributed by atoms with van der Waals surface area (Å²) in [5.74, 6) is 0.127. The van der Waals surface area contributed by atoms with Gasteiger partial charge in [0.25, 0.3) is 0 Å². The maximum absolute atomic E-state index is 10.7. The quantitative estimate of drug-likeness (QED) is 0.851. The molecule has 1 aromatic carbocycles. The highest BCUT2D eigenvalue weighted by Gasteiger charge is 2.08. The lowest BCUT2D eigenvalue weighted by atomic mass is 10.2. The molecular weight excluding hydrogens is 226 g/mol. The monoisotopic (exact) mass is 235 g/mol. The predicted octanol–water partition coefficient (Wildman–Crippen LogP) is 1.76. The van der Waals surface area contributed by atoms with E-state index in [4.69, 9.17) is 17.3 Å². The fraction of sp³-hybridized carbons (Fsp3) is 0.0909. The zero-order valence-corrected chi connectivity index (χ0v) is 9.16. The van der Waals surface area contributed by atoms with Crippen molar-refractivity contribution in [2.75, 3.05) is 0 Å². The van der Waals surface area contributed by atoms with Crippen molar-refractivity contribution in [3.8, 4) is 11.3 Å². The van der Waals surface area contributed by atoms with Crippen molar-refractivity contribution in [1.82, 2.24) is 9.97 Å². The van der Waals surface area contributed by atoms with Crippen LogP contribution in [0.4, 0.5) is 0 Å². The highest BCUT2D eigenvalue weighted by atomic mass is 35.5. The molecule has 1 aromatic heterocycles. The summed E-state index contributed by atoms with van der Waals surface area (Å²) in [4.78, 5) is 17.9. The molecule has 1 amide bonds. The molecular formula is C11H10ClN3O. The number of halogens is 1. The fourth-order valence-corrected chi connectivity index (χ4v) is 1.66. The first-order valence-corrected chi connectivity index (χ1v) is 5.12. The molecule has 2 rings (SSSR count). The Morgan fingerprint density at radius 1 is 1.44 bits per heavy atom. The number of imidazole rings is 1. The third-order valence-corrected chi connectivity index (χ3v) is 2.45. The molecule has 0 bridgehead atoms. The Morgan fingerprint density at radius 3 is 2.88 bits per heavy atom. The number of hydrogen-bond acceptors (Lipinski definition) is 2. The van der Waals surface area contributed by atoms with Crippen LogP contribution in [0.15, 0.2) is 30.5 Å². The van der Waals surface area contributed by atoms with Crippen LogP contribution < -0.4 is 5.73 Å². The van der Waals surface area contributed by atoms with Crippen LogP contribution in [0.1, 0.15) is 5.82 Å². The maximum Gasteiger partial charge on any atom is 0.225 e. The molecule has 0 saturated heterocycles. The number of H-pyrrole nitrogens is 1. The van der Waals surface area contributed by atoms with Crippen molar-refractivity contribution < 1.29 is 4.79 Å². The van der Waals surface area contributed by atoms with E-state index in [1.165, 1.54) is 0 Å². The van der Waals surface area contributed by atoms with Gasteiger partial charge in [-0.1, -0.05) is 29.8 Å². The zero-order valence-electron chi connectivity index (χ0n) is 8.40. The van der Waals surface area contributed by atoms with Crippen LogP contribution in [0.5, 0.6) is 0 Å². The van der Waals surface area contributed by atoms with Crippen LogP contribution in [0.25, 0.3) is 11.3 Å². The molecule has 0 saturated carbocycles. The highest BCUT2D eigenvalue weighted by Crippen LogP contribution is 2.25. The molecule has 0 radical (unpaired) electrons. The standard InChI is InChI=1S/C11H10ClN3O/c12-8-4-2-1-3-7(8)9-6-14-11(15-9)5-10(13)16/h1-4,6H,5H2,(H2,13,16)(H,14,15). The van der Waals surface area contributed by atoms with Gasteiger partial charge in [0.1, 0.15) is 5.82 Å². The second-order valence-electron chi connectivity index (χ2n) is 3.36. The summed E-state index contributed by atoms with van der Waals surface area (Å²) in [6.07, 6.45) is 1.81. The largest absolute Gasteiger partial charge is 0.369 e. The van der Waals surface area contributed by atoms with Crippen LogP contribution in [-0.2, 0) is 11.2 Å². The van der Waals surface area contributed by atoms with Crippen LogP contribution in [0.3, 0.4) is 0 Å². The van der Waals surface area contributed by atoms with Crippen LogP contribution in [-0.4, -0.2) is 15.9 Å². The Morgan fingerprint density at radius 2 is 2.19 bits per heavy atom. The second kappa shape index (κ2) is 4.37. The molecule has 0 aliphatic carbocycles. The zero-order chi connectivity index (χ0) is 11.5. The van der Waals surface area contributed by atoms with Crippen molar-refractivity contribution in [3.05, 3.63) is 41.3 Å². The van der Waals surface area contributed by atoms with Gasteiger partial charge >= 0.3 is 0 Å². The molecule has 2 aromatic rings. The van der Waals surface area contributed by atoms with Gasteiger partial charge in [0.2, 0.25) is 5.91 Å². The van der Waals surface area contributed by atoms with E-state index in [0.29, 0.717) is 16.5 Å². The number of hydrogen-bond donors (Lipinski definition) is 2. The molecule has 5 heteroatoms. The number of nitrogens with two attached hydrogens (primary N) is 1. The Bertz CT molecular complexity index is 521. The van der Waals surface area contributed by atoms with E-state index < -0.39 is 5.91 Å².